The van der Waals surface area contributed by atoms with Gasteiger partial charge in [-0.2, -0.15) is 0 Å². The summed E-state index contributed by atoms with van der Waals surface area (Å²) in [7, 11) is 0. The van der Waals surface area contributed by atoms with Gasteiger partial charge in [-0.05, 0) is 61.6 Å². The molecule has 2 aliphatic rings. The largest absolute Gasteiger partial charge is 0.493 e. The van der Waals surface area contributed by atoms with E-state index in [1.165, 1.54) is 0 Å². The first-order chi connectivity index (χ1) is 12.8. The van der Waals surface area contributed by atoms with Crippen LogP contribution in [0.5, 0.6) is 5.75 Å². The molecule has 0 aliphatic carbocycles. The molecule has 26 heavy (non-hydrogen) atoms. The normalized spacial score (nSPS) is 18.8. The van der Waals surface area contributed by atoms with Crippen molar-refractivity contribution in [1.82, 2.24) is 9.88 Å². The average molecular weight is 352 g/mol. The fourth-order valence-corrected chi connectivity index (χ4v) is 3.62. The van der Waals surface area contributed by atoms with Crippen LogP contribution in [0, 0.1) is 0 Å². The zero-order valence-corrected chi connectivity index (χ0v) is 14.9. The number of hydrogen-bond donors (Lipinski definition) is 0. The number of nitrogens with zero attached hydrogens (tertiary/aromatic N) is 2. The standard InChI is InChI=1S/C21H24N2O3/c24-21(17-8-9-20-16(13-17)5-3-12-26-20)23(15-19-7-4-11-25-19)14-18-6-1-2-10-22-18/h1-2,6,8-10,13,19H,3-5,7,11-12,14-15H2/t19-/m1/s1. The first-order valence-corrected chi connectivity index (χ1v) is 9.36. The first kappa shape index (κ1) is 17.0. The molecule has 0 N–H and O–H groups in total. The smallest absolute Gasteiger partial charge is 0.254 e. The van der Waals surface area contributed by atoms with Crippen LogP contribution < -0.4 is 4.74 Å². The van der Waals surface area contributed by atoms with Crippen molar-refractivity contribution in [3.05, 3.63) is 59.4 Å². The van der Waals surface area contributed by atoms with Crippen LogP contribution in [-0.2, 0) is 17.7 Å². The molecule has 1 amide bonds. The molecule has 5 nitrogen and oxygen atoms in total. The van der Waals surface area contributed by atoms with E-state index in [-0.39, 0.29) is 12.0 Å². The number of benzene rings is 1. The molecule has 0 spiro atoms. The van der Waals surface area contributed by atoms with Crippen LogP contribution in [0.15, 0.2) is 42.6 Å². The Balaban J connectivity index is 1.56. The number of rotatable bonds is 5. The lowest BCUT2D eigenvalue weighted by Gasteiger charge is -2.26. The minimum Gasteiger partial charge on any atom is -0.493 e. The molecule has 1 atom stereocenters. The van der Waals surface area contributed by atoms with E-state index in [0.717, 1.165) is 55.9 Å². The van der Waals surface area contributed by atoms with Gasteiger partial charge >= 0.3 is 0 Å². The molecule has 1 saturated heterocycles. The van der Waals surface area contributed by atoms with Gasteiger partial charge in [-0.25, -0.2) is 0 Å². The summed E-state index contributed by atoms with van der Waals surface area (Å²) in [4.78, 5) is 19.5. The molecule has 0 saturated carbocycles. The maximum atomic E-state index is 13.2. The van der Waals surface area contributed by atoms with Crippen molar-refractivity contribution in [1.29, 1.82) is 0 Å². The molecule has 2 aliphatic heterocycles. The summed E-state index contributed by atoms with van der Waals surface area (Å²) in [6, 6.07) is 11.6. The van der Waals surface area contributed by atoms with Crippen LogP contribution in [-0.4, -0.2) is 41.7 Å². The van der Waals surface area contributed by atoms with Gasteiger partial charge in [0, 0.05) is 24.9 Å². The molecule has 3 heterocycles. The van der Waals surface area contributed by atoms with Crippen LogP contribution >= 0.6 is 0 Å². The van der Waals surface area contributed by atoms with Gasteiger partial charge in [0.25, 0.3) is 5.91 Å². The Hall–Kier alpha value is -2.40. The summed E-state index contributed by atoms with van der Waals surface area (Å²) < 4.78 is 11.4. The minimum atomic E-state index is 0.0273. The van der Waals surface area contributed by atoms with Crippen LogP contribution in [0.2, 0.25) is 0 Å². The zero-order valence-electron chi connectivity index (χ0n) is 14.9. The number of carbonyl (C=O) groups is 1. The monoisotopic (exact) mass is 352 g/mol. The molecular weight excluding hydrogens is 328 g/mol. The van der Waals surface area contributed by atoms with Crippen LogP contribution in [0.25, 0.3) is 0 Å². The number of carbonyl (C=O) groups excluding carboxylic acids is 1. The van der Waals surface area contributed by atoms with Crippen molar-refractivity contribution in [2.45, 2.75) is 38.3 Å². The second-order valence-corrected chi connectivity index (χ2v) is 6.92. The highest BCUT2D eigenvalue weighted by atomic mass is 16.5. The summed E-state index contributed by atoms with van der Waals surface area (Å²) >= 11 is 0. The molecule has 2 aromatic rings. The van der Waals surface area contributed by atoms with Gasteiger partial charge in [0.05, 0.1) is 24.9 Å². The third-order valence-corrected chi connectivity index (χ3v) is 4.97. The van der Waals surface area contributed by atoms with Gasteiger partial charge < -0.3 is 14.4 Å². The van der Waals surface area contributed by atoms with Gasteiger partial charge in [-0.1, -0.05) is 6.07 Å². The van der Waals surface area contributed by atoms with Crippen LogP contribution in [0.3, 0.4) is 0 Å². The number of fused-ring (bicyclic) bond motifs is 1. The number of ether oxygens (including phenoxy) is 2. The van der Waals surface area contributed by atoms with E-state index in [2.05, 4.69) is 4.98 Å². The molecule has 0 unspecified atom stereocenters. The second kappa shape index (κ2) is 7.87. The number of hydrogen-bond acceptors (Lipinski definition) is 4. The fraction of sp³-hybridized carbons (Fsp3) is 0.429. The van der Waals surface area contributed by atoms with Gasteiger partial charge in [0.2, 0.25) is 0 Å². The van der Waals surface area contributed by atoms with Crippen molar-refractivity contribution >= 4 is 5.91 Å². The van der Waals surface area contributed by atoms with Crippen molar-refractivity contribution in [2.24, 2.45) is 0 Å². The Kier molecular flexibility index (Phi) is 5.16. The maximum absolute atomic E-state index is 13.2. The van der Waals surface area contributed by atoms with Crippen molar-refractivity contribution in [3.63, 3.8) is 0 Å². The van der Waals surface area contributed by atoms with E-state index < -0.39 is 0 Å². The molecule has 4 rings (SSSR count). The van der Waals surface area contributed by atoms with E-state index in [0.29, 0.717) is 18.7 Å². The van der Waals surface area contributed by atoms with Gasteiger partial charge in [-0.15, -0.1) is 0 Å². The predicted molar refractivity (Wildman–Crippen MR) is 98.2 cm³/mol. The summed E-state index contributed by atoms with van der Waals surface area (Å²) in [5.41, 5.74) is 2.72. The van der Waals surface area contributed by atoms with E-state index in [1.54, 1.807) is 6.20 Å². The third-order valence-electron chi connectivity index (χ3n) is 4.97. The number of amides is 1. The zero-order chi connectivity index (χ0) is 17.8. The molecule has 5 heteroatoms. The average Bonchev–Trinajstić information content (AvgIpc) is 3.20. The van der Waals surface area contributed by atoms with E-state index in [1.807, 2.05) is 41.3 Å². The molecule has 1 fully saturated rings. The second-order valence-electron chi connectivity index (χ2n) is 6.92. The molecule has 136 valence electrons. The Morgan fingerprint density at radius 3 is 2.96 bits per heavy atom. The number of aromatic nitrogens is 1. The van der Waals surface area contributed by atoms with E-state index >= 15 is 0 Å². The lowest BCUT2D eigenvalue weighted by molar-refractivity contribution is 0.0504. The predicted octanol–water partition coefficient (Wildman–Crippen LogP) is 3.23. The van der Waals surface area contributed by atoms with Crippen molar-refractivity contribution in [2.75, 3.05) is 19.8 Å². The Labute approximate surface area is 153 Å². The van der Waals surface area contributed by atoms with E-state index in [9.17, 15) is 4.79 Å². The van der Waals surface area contributed by atoms with Crippen LogP contribution in [0.4, 0.5) is 0 Å². The molecule has 0 bridgehead atoms. The Morgan fingerprint density at radius 2 is 2.15 bits per heavy atom. The summed E-state index contributed by atoms with van der Waals surface area (Å²) in [6.07, 6.45) is 5.90. The highest BCUT2D eigenvalue weighted by molar-refractivity contribution is 5.94. The summed E-state index contributed by atoms with van der Waals surface area (Å²) in [5, 5.41) is 0. The van der Waals surface area contributed by atoms with Crippen molar-refractivity contribution in [3.8, 4) is 5.75 Å². The van der Waals surface area contributed by atoms with Gasteiger partial charge in [-0.3, -0.25) is 9.78 Å². The van der Waals surface area contributed by atoms with E-state index in [4.69, 9.17) is 9.47 Å². The maximum Gasteiger partial charge on any atom is 0.254 e. The molecular formula is C21H24N2O3. The summed E-state index contributed by atoms with van der Waals surface area (Å²) in [6.45, 7) is 2.63. The lowest BCUT2D eigenvalue weighted by Crippen LogP contribution is -2.37. The van der Waals surface area contributed by atoms with Gasteiger partial charge in [0.15, 0.2) is 0 Å². The van der Waals surface area contributed by atoms with Gasteiger partial charge in [0.1, 0.15) is 5.75 Å². The first-order valence-electron chi connectivity index (χ1n) is 9.36. The Bertz CT molecular complexity index is 757. The number of pyridine rings is 1. The SMILES string of the molecule is O=C(c1ccc2c(c1)CCCO2)N(Cc1ccccn1)C[C@H]1CCCO1. The highest BCUT2D eigenvalue weighted by Crippen LogP contribution is 2.26. The molecule has 0 radical (unpaired) electrons. The third kappa shape index (κ3) is 3.88. The Morgan fingerprint density at radius 1 is 1.19 bits per heavy atom. The van der Waals surface area contributed by atoms with Crippen LogP contribution in [0.1, 0.15) is 40.9 Å². The fourth-order valence-electron chi connectivity index (χ4n) is 3.62. The summed E-state index contributed by atoms with van der Waals surface area (Å²) in [5.74, 6) is 0.933. The topological polar surface area (TPSA) is 51.7 Å². The number of aryl methyl sites for hydroxylation is 1. The molecule has 1 aromatic heterocycles. The minimum absolute atomic E-state index is 0.0273. The highest BCUT2D eigenvalue weighted by Gasteiger charge is 2.25. The lowest BCUT2D eigenvalue weighted by atomic mass is 10.0. The quantitative estimate of drug-likeness (QED) is 0.829. The van der Waals surface area contributed by atoms with Crippen molar-refractivity contribution < 1.29 is 14.3 Å². The molecule has 1 aromatic carbocycles.